The number of alkyl carbamates (subject to hydrolysis) is 1. The molecule has 0 saturated carbocycles. The van der Waals surface area contributed by atoms with Crippen LogP contribution in [0.5, 0.6) is 0 Å². The molecule has 1 saturated heterocycles. The van der Waals surface area contributed by atoms with E-state index in [1.54, 1.807) is 11.8 Å². The monoisotopic (exact) mass is 597 g/mol. The van der Waals surface area contributed by atoms with E-state index in [1.165, 1.54) is 11.1 Å². The summed E-state index contributed by atoms with van der Waals surface area (Å²) in [6, 6.07) is 24.0. The SMILES string of the molecule is CCC(=O)NCC(NC(=O)OCC1c2ccccc2-c2ccccc21)c1cccc(C2CCCN(C(=O)OC(C)(C)C)C2)c1. The van der Waals surface area contributed by atoms with Crippen LogP contribution in [0.3, 0.4) is 0 Å². The zero-order valence-corrected chi connectivity index (χ0v) is 26.1. The number of rotatable bonds is 8. The number of hydrogen-bond acceptors (Lipinski definition) is 5. The van der Waals surface area contributed by atoms with Gasteiger partial charge in [0.1, 0.15) is 12.2 Å². The third-order valence-electron chi connectivity index (χ3n) is 8.32. The highest BCUT2D eigenvalue weighted by Gasteiger charge is 2.31. The summed E-state index contributed by atoms with van der Waals surface area (Å²) in [6.45, 7) is 9.08. The second kappa shape index (κ2) is 13.5. The summed E-state index contributed by atoms with van der Waals surface area (Å²) in [5, 5.41) is 5.93. The molecule has 0 aromatic heterocycles. The van der Waals surface area contributed by atoms with Crippen molar-refractivity contribution in [3.05, 3.63) is 95.1 Å². The van der Waals surface area contributed by atoms with Crippen LogP contribution in [-0.2, 0) is 14.3 Å². The quantitative estimate of drug-likeness (QED) is 0.294. The number of ether oxygens (including phenoxy) is 2. The Hall–Kier alpha value is -4.33. The van der Waals surface area contributed by atoms with Gasteiger partial charge in [0, 0.05) is 37.9 Å². The van der Waals surface area contributed by atoms with Gasteiger partial charge in [0.2, 0.25) is 5.91 Å². The first-order chi connectivity index (χ1) is 21.1. The van der Waals surface area contributed by atoms with Crippen molar-refractivity contribution in [2.75, 3.05) is 26.2 Å². The van der Waals surface area contributed by atoms with Crippen molar-refractivity contribution in [1.82, 2.24) is 15.5 Å². The molecule has 8 heteroatoms. The van der Waals surface area contributed by atoms with Crippen LogP contribution in [0.2, 0.25) is 0 Å². The number of carbonyl (C=O) groups excluding carboxylic acids is 3. The standard InChI is InChI=1S/C36H43N3O5/c1-5-33(40)37-21-32(25-13-10-12-24(20-25)26-14-11-19-39(22-26)35(42)44-36(2,3)4)38-34(41)43-23-31-29-17-8-6-15-27(29)28-16-7-9-18-30(28)31/h6-10,12-13,15-18,20,26,31-32H,5,11,14,19,21-23H2,1-4H3,(H,37,40)(H,38,41). The number of likely N-dealkylation sites (tertiary alicyclic amines) is 1. The molecule has 2 aliphatic rings. The fourth-order valence-electron chi connectivity index (χ4n) is 6.15. The molecule has 5 rings (SSSR count). The van der Waals surface area contributed by atoms with E-state index in [0.29, 0.717) is 19.5 Å². The molecule has 44 heavy (non-hydrogen) atoms. The van der Waals surface area contributed by atoms with Gasteiger partial charge < -0.3 is 25.0 Å². The lowest BCUT2D eigenvalue weighted by Crippen LogP contribution is -2.42. The van der Waals surface area contributed by atoms with E-state index in [2.05, 4.69) is 47.0 Å². The van der Waals surface area contributed by atoms with Crippen molar-refractivity contribution in [3.8, 4) is 11.1 Å². The van der Waals surface area contributed by atoms with Crippen molar-refractivity contribution in [1.29, 1.82) is 0 Å². The van der Waals surface area contributed by atoms with Gasteiger partial charge >= 0.3 is 12.2 Å². The third-order valence-corrected chi connectivity index (χ3v) is 8.32. The molecule has 2 N–H and O–H groups in total. The molecule has 2 atom stereocenters. The van der Waals surface area contributed by atoms with Crippen LogP contribution in [-0.4, -0.2) is 54.8 Å². The number of piperidine rings is 1. The van der Waals surface area contributed by atoms with Crippen LogP contribution < -0.4 is 10.6 Å². The molecule has 8 nitrogen and oxygen atoms in total. The summed E-state index contributed by atoms with van der Waals surface area (Å²) in [4.78, 5) is 39.9. The van der Waals surface area contributed by atoms with Gasteiger partial charge in [-0.1, -0.05) is 79.7 Å². The number of benzene rings is 3. The van der Waals surface area contributed by atoms with E-state index in [-0.39, 0.29) is 37.0 Å². The van der Waals surface area contributed by atoms with E-state index < -0.39 is 17.7 Å². The van der Waals surface area contributed by atoms with Gasteiger partial charge in [-0.2, -0.15) is 0 Å². The lowest BCUT2D eigenvalue weighted by molar-refractivity contribution is -0.120. The van der Waals surface area contributed by atoms with E-state index >= 15 is 0 Å². The fourth-order valence-corrected chi connectivity index (χ4v) is 6.15. The first-order valence-corrected chi connectivity index (χ1v) is 15.6. The Morgan fingerprint density at radius 1 is 0.955 bits per heavy atom. The molecule has 3 aromatic carbocycles. The van der Waals surface area contributed by atoms with Gasteiger partial charge in [0.05, 0.1) is 6.04 Å². The molecule has 232 valence electrons. The summed E-state index contributed by atoms with van der Waals surface area (Å²) in [5.74, 6) is -0.00808. The minimum absolute atomic E-state index is 0.0473. The molecular formula is C36H43N3O5. The Kier molecular flexibility index (Phi) is 9.57. The molecule has 0 bridgehead atoms. The van der Waals surface area contributed by atoms with Gasteiger partial charge in [-0.3, -0.25) is 4.79 Å². The van der Waals surface area contributed by atoms with Gasteiger partial charge in [0.15, 0.2) is 0 Å². The van der Waals surface area contributed by atoms with Crippen molar-refractivity contribution >= 4 is 18.1 Å². The molecule has 1 aliphatic carbocycles. The second-order valence-corrected chi connectivity index (χ2v) is 12.6. The number of fused-ring (bicyclic) bond motifs is 3. The highest BCUT2D eigenvalue weighted by atomic mass is 16.6. The van der Waals surface area contributed by atoms with Gasteiger partial charge in [-0.15, -0.1) is 0 Å². The molecule has 1 aliphatic heterocycles. The average molecular weight is 598 g/mol. The zero-order chi connectivity index (χ0) is 31.3. The predicted octanol–water partition coefficient (Wildman–Crippen LogP) is 6.91. The molecule has 0 radical (unpaired) electrons. The highest BCUT2D eigenvalue weighted by molar-refractivity contribution is 5.79. The highest BCUT2D eigenvalue weighted by Crippen LogP contribution is 2.44. The van der Waals surface area contributed by atoms with Crippen LogP contribution in [0.25, 0.3) is 11.1 Å². The summed E-state index contributed by atoms with van der Waals surface area (Å²) in [5.41, 5.74) is 6.02. The molecule has 3 aromatic rings. The maximum Gasteiger partial charge on any atom is 0.410 e. The smallest absolute Gasteiger partial charge is 0.410 e. The van der Waals surface area contributed by atoms with Crippen LogP contribution in [0.4, 0.5) is 9.59 Å². The number of amides is 3. The topological polar surface area (TPSA) is 97.0 Å². The van der Waals surface area contributed by atoms with E-state index in [1.807, 2.05) is 57.2 Å². The normalized spacial score (nSPS) is 16.8. The van der Waals surface area contributed by atoms with Crippen molar-refractivity contribution in [2.24, 2.45) is 0 Å². The maximum absolute atomic E-state index is 13.2. The van der Waals surface area contributed by atoms with Crippen LogP contribution in [0.1, 0.15) is 87.1 Å². The van der Waals surface area contributed by atoms with E-state index in [4.69, 9.17) is 9.47 Å². The third kappa shape index (κ3) is 7.41. The summed E-state index contributed by atoms with van der Waals surface area (Å²) >= 11 is 0. The molecule has 0 spiro atoms. The number of nitrogens with one attached hydrogen (secondary N) is 2. The van der Waals surface area contributed by atoms with Gasteiger partial charge in [-0.05, 0) is 67.0 Å². The lowest BCUT2D eigenvalue weighted by atomic mass is 9.89. The second-order valence-electron chi connectivity index (χ2n) is 12.6. The first-order valence-electron chi connectivity index (χ1n) is 15.6. The Labute approximate surface area is 260 Å². The summed E-state index contributed by atoms with van der Waals surface area (Å²) in [6.07, 6.45) is 1.33. The van der Waals surface area contributed by atoms with Crippen LogP contribution in [0, 0.1) is 0 Å². The Bertz CT molecular complexity index is 1450. The fraction of sp³-hybridized carbons (Fsp3) is 0.417. The largest absolute Gasteiger partial charge is 0.449 e. The van der Waals surface area contributed by atoms with Crippen molar-refractivity contribution in [2.45, 2.75) is 70.4 Å². The molecule has 3 amide bonds. The minimum Gasteiger partial charge on any atom is -0.449 e. The van der Waals surface area contributed by atoms with Gasteiger partial charge in [0.25, 0.3) is 0 Å². The lowest BCUT2D eigenvalue weighted by Gasteiger charge is -2.34. The predicted molar refractivity (Wildman–Crippen MR) is 170 cm³/mol. The zero-order valence-electron chi connectivity index (χ0n) is 26.1. The molecule has 1 heterocycles. The Balaban J connectivity index is 1.29. The Morgan fingerprint density at radius 2 is 1.64 bits per heavy atom. The van der Waals surface area contributed by atoms with Crippen LogP contribution in [0.15, 0.2) is 72.8 Å². The Morgan fingerprint density at radius 3 is 2.30 bits per heavy atom. The molecule has 2 unspecified atom stereocenters. The number of hydrogen-bond donors (Lipinski definition) is 2. The average Bonchev–Trinajstić information content (AvgIpc) is 3.34. The maximum atomic E-state index is 13.2. The van der Waals surface area contributed by atoms with E-state index in [9.17, 15) is 14.4 Å². The summed E-state index contributed by atoms with van der Waals surface area (Å²) in [7, 11) is 0. The number of carbonyl (C=O) groups is 3. The first kappa shape index (κ1) is 31.1. The van der Waals surface area contributed by atoms with Gasteiger partial charge in [-0.25, -0.2) is 9.59 Å². The van der Waals surface area contributed by atoms with Crippen molar-refractivity contribution < 1.29 is 23.9 Å². The van der Waals surface area contributed by atoms with Crippen LogP contribution >= 0.6 is 0 Å². The minimum atomic E-state index is -0.551. The summed E-state index contributed by atoms with van der Waals surface area (Å²) < 4.78 is 11.4. The van der Waals surface area contributed by atoms with E-state index in [0.717, 1.165) is 35.1 Å². The molecular weight excluding hydrogens is 554 g/mol. The molecule has 1 fully saturated rings. The number of nitrogens with zero attached hydrogens (tertiary/aromatic N) is 1. The van der Waals surface area contributed by atoms with Crippen molar-refractivity contribution in [3.63, 3.8) is 0 Å².